The maximum absolute atomic E-state index is 11.7. The van der Waals surface area contributed by atoms with E-state index in [9.17, 15) is 24.6 Å². The number of aromatic carboxylic acids is 1. The Bertz CT molecular complexity index is 950. The van der Waals surface area contributed by atoms with E-state index in [1.807, 2.05) is 24.3 Å². The number of benzene rings is 2. The van der Waals surface area contributed by atoms with Crippen LogP contribution in [0.5, 0.6) is 5.75 Å². The molecule has 0 aromatic heterocycles. The number of unbranched alkanes of at least 4 members (excludes halogenated alkanes) is 7. The van der Waals surface area contributed by atoms with Gasteiger partial charge in [-0.25, -0.2) is 4.79 Å². The predicted octanol–water partition coefficient (Wildman–Crippen LogP) is 7.56. The number of phenolic OH excluding ortho intramolecular Hbond substituents is 1. The van der Waals surface area contributed by atoms with Crippen LogP contribution >= 0.6 is 0 Å². The van der Waals surface area contributed by atoms with E-state index >= 15 is 0 Å². The van der Waals surface area contributed by atoms with Crippen LogP contribution in [0.3, 0.4) is 0 Å². The van der Waals surface area contributed by atoms with Crippen molar-refractivity contribution in [3.05, 3.63) is 64.7 Å². The molecule has 0 aliphatic carbocycles. The Kier molecular flexibility index (Phi) is 14.3. The summed E-state index contributed by atoms with van der Waals surface area (Å²) in [7, 11) is 0. The van der Waals surface area contributed by atoms with E-state index in [0.29, 0.717) is 18.4 Å². The van der Waals surface area contributed by atoms with Gasteiger partial charge in [-0.15, -0.1) is 0 Å². The third-order valence-electron chi connectivity index (χ3n) is 7.25. The molecule has 0 fully saturated rings. The molecule has 202 valence electrons. The van der Waals surface area contributed by atoms with Crippen molar-refractivity contribution < 1.29 is 24.6 Å². The first kappa shape index (κ1) is 30.3. The van der Waals surface area contributed by atoms with E-state index in [-0.39, 0.29) is 23.1 Å². The third kappa shape index (κ3) is 11.3. The second-order valence-electron chi connectivity index (χ2n) is 10.3. The van der Waals surface area contributed by atoms with Gasteiger partial charge in [-0.05, 0) is 48.9 Å². The molecule has 2 unspecified atom stereocenters. The average molecular weight is 509 g/mol. The molecule has 5 heteroatoms. The van der Waals surface area contributed by atoms with Gasteiger partial charge in [-0.1, -0.05) is 95.0 Å². The Labute approximate surface area is 222 Å². The van der Waals surface area contributed by atoms with Crippen molar-refractivity contribution >= 4 is 18.5 Å². The standard InChI is InChI=1S/C32H44O5/c1-2-3-4-5-6-7-8-9-12-27(23-33)13-10-14-28(24-34)21-25-17-19-26(20-18-25)22-30-29(32(36)37)15-11-16-31(30)35/h11,15-20,23-24,27-28,35H,2-10,12-14,21-22H2,1H3,(H,36,37). The quantitative estimate of drug-likeness (QED) is 0.142. The molecule has 0 aliphatic rings. The Hall–Kier alpha value is -2.95. The summed E-state index contributed by atoms with van der Waals surface area (Å²) in [5, 5.41) is 19.5. The summed E-state index contributed by atoms with van der Waals surface area (Å²) < 4.78 is 0. The lowest BCUT2D eigenvalue weighted by atomic mass is 9.90. The smallest absolute Gasteiger partial charge is 0.336 e. The van der Waals surface area contributed by atoms with E-state index in [4.69, 9.17) is 0 Å². The number of phenols is 1. The van der Waals surface area contributed by atoms with E-state index in [0.717, 1.165) is 55.8 Å². The molecule has 2 rings (SSSR count). The van der Waals surface area contributed by atoms with Gasteiger partial charge in [-0.2, -0.15) is 0 Å². The summed E-state index contributed by atoms with van der Waals surface area (Å²) in [4.78, 5) is 34.7. The molecule has 0 amide bonds. The van der Waals surface area contributed by atoms with Gasteiger partial charge in [0, 0.05) is 23.8 Å². The number of carbonyl (C=O) groups is 3. The minimum absolute atomic E-state index is 0.0268. The number of hydrogen-bond acceptors (Lipinski definition) is 4. The third-order valence-corrected chi connectivity index (χ3v) is 7.25. The first-order chi connectivity index (χ1) is 18.0. The lowest BCUT2D eigenvalue weighted by molar-refractivity contribution is -0.111. The molecule has 0 saturated heterocycles. The van der Waals surface area contributed by atoms with Gasteiger partial charge in [-0.3, -0.25) is 0 Å². The summed E-state index contributed by atoms with van der Waals surface area (Å²) in [6, 6.07) is 12.3. The monoisotopic (exact) mass is 508 g/mol. The van der Waals surface area contributed by atoms with Gasteiger partial charge in [0.15, 0.2) is 0 Å². The molecular weight excluding hydrogens is 464 g/mol. The van der Waals surface area contributed by atoms with Crippen LogP contribution in [0, 0.1) is 11.8 Å². The zero-order valence-electron chi connectivity index (χ0n) is 22.4. The average Bonchev–Trinajstić information content (AvgIpc) is 2.90. The highest BCUT2D eigenvalue weighted by Gasteiger charge is 2.15. The molecular formula is C32H44O5. The molecule has 2 aromatic carbocycles. The lowest BCUT2D eigenvalue weighted by Gasteiger charge is -2.14. The van der Waals surface area contributed by atoms with Gasteiger partial charge >= 0.3 is 5.97 Å². The summed E-state index contributed by atoms with van der Waals surface area (Å²) in [6.07, 6.45) is 16.6. The zero-order chi connectivity index (χ0) is 26.9. The highest BCUT2D eigenvalue weighted by molar-refractivity contribution is 5.90. The Morgan fingerprint density at radius 3 is 1.95 bits per heavy atom. The van der Waals surface area contributed by atoms with Crippen molar-refractivity contribution in [2.24, 2.45) is 11.8 Å². The largest absolute Gasteiger partial charge is 0.508 e. The van der Waals surface area contributed by atoms with Crippen LogP contribution in [-0.4, -0.2) is 28.8 Å². The molecule has 2 N–H and O–H groups in total. The minimum Gasteiger partial charge on any atom is -0.508 e. The summed E-state index contributed by atoms with van der Waals surface area (Å²) >= 11 is 0. The summed E-state index contributed by atoms with van der Waals surface area (Å²) in [5.41, 5.74) is 2.43. The summed E-state index contributed by atoms with van der Waals surface area (Å²) in [6.45, 7) is 2.23. The number of carboxylic acid groups (broad SMARTS) is 1. The minimum atomic E-state index is -1.06. The molecule has 5 nitrogen and oxygen atoms in total. The molecule has 2 atom stereocenters. The number of hydrogen-bond donors (Lipinski definition) is 2. The first-order valence-corrected chi connectivity index (χ1v) is 14.0. The highest BCUT2D eigenvalue weighted by atomic mass is 16.4. The van der Waals surface area contributed by atoms with E-state index in [2.05, 4.69) is 6.92 Å². The second kappa shape index (κ2) is 17.5. The van der Waals surface area contributed by atoms with Gasteiger partial charge in [0.2, 0.25) is 0 Å². The van der Waals surface area contributed by atoms with Gasteiger partial charge in [0.05, 0.1) is 5.56 Å². The first-order valence-electron chi connectivity index (χ1n) is 14.0. The van der Waals surface area contributed by atoms with Crippen molar-refractivity contribution in [3.63, 3.8) is 0 Å². The number of carbonyl (C=O) groups excluding carboxylic acids is 2. The van der Waals surface area contributed by atoms with Crippen LogP contribution in [-0.2, 0) is 22.4 Å². The lowest BCUT2D eigenvalue weighted by Crippen LogP contribution is -2.09. The zero-order valence-corrected chi connectivity index (χ0v) is 22.4. The van der Waals surface area contributed by atoms with E-state index < -0.39 is 5.97 Å². The van der Waals surface area contributed by atoms with Crippen LogP contribution in [0.1, 0.15) is 111 Å². The van der Waals surface area contributed by atoms with Crippen LogP contribution in [0.15, 0.2) is 42.5 Å². The normalized spacial score (nSPS) is 12.7. The fourth-order valence-corrected chi connectivity index (χ4v) is 4.94. The van der Waals surface area contributed by atoms with Gasteiger partial charge in [0.25, 0.3) is 0 Å². The van der Waals surface area contributed by atoms with E-state index in [1.54, 1.807) is 0 Å². The summed E-state index contributed by atoms with van der Waals surface area (Å²) in [5.74, 6) is -1.08. The predicted molar refractivity (Wildman–Crippen MR) is 148 cm³/mol. The number of aromatic hydroxyl groups is 1. The maximum atomic E-state index is 11.7. The topological polar surface area (TPSA) is 91.7 Å². The Morgan fingerprint density at radius 1 is 0.757 bits per heavy atom. The van der Waals surface area contributed by atoms with Gasteiger partial charge in [0.1, 0.15) is 18.3 Å². The van der Waals surface area contributed by atoms with Crippen LogP contribution < -0.4 is 0 Å². The molecule has 0 bridgehead atoms. The fourth-order valence-electron chi connectivity index (χ4n) is 4.94. The van der Waals surface area contributed by atoms with Crippen molar-refractivity contribution in [2.45, 2.75) is 96.8 Å². The second-order valence-corrected chi connectivity index (χ2v) is 10.3. The van der Waals surface area contributed by atoms with Crippen molar-refractivity contribution in [2.75, 3.05) is 0 Å². The van der Waals surface area contributed by atoms with Crippen molar-refractivity contribution in [1.29, 1.82) is 0 Å². The fraction of sp³-hybridized carbons (Fsp3) is 0.531. The SMILES string of the molecule is CCCCCCCCCCC(C=O)CCCC(C=O)Cc1ccc(Cc2c(O)cccc2C(=O)O)cc1. The molecule has 0 saturated carbocycles. The van der Waals surface area contributed by atoms with Crippen LogP contribution in [0.25, 0.3) is 0 Å². The molecule has 2 aromatic rings. The Balaban J connectivity index is 1.75. The molecule has 0 heterocycles. The molecule has 37 heavy (non-hydrogen) atoms. The van der Waals surface area contributed by atoms with Crippen molar-refractivity contribution in [1.82, 2.24) is 0 Å². The maximum Gasteiger partial charge on any atom is 0.336 e. The number of rotatable bonds is 20. The molecule has 0 spiro atoms. The van der Waals surface area contributed by atoms with E-state index in [1.165, 1.54) is 63.1 Å². The van der Waals surface area contributed by atoms with Crippen LogP contribution in [0.2, 0.25) is 0 Å². The van der Waals surface area contributed by atoms with Gasteiger partial charge < -0.3 is 19.8 Å². The number of aldehydes is 2. The van der Waals surface area contributed by atoms with Crippen LogP contribution in [0.4, 0.5) is 0 Å². The Morgan fingerprint density at radius 2 is 1.32 bits per heavy atom. The number of carboxylic acids is 1. The molecule has 0 radical (unpaired) electrons. The molecule has 0 aliphatic heterocycles. The highest BCUT2D eigenvalue weighted by Crippen LogP contribution is 2.25. The van der Waals surface area contributed by atoms with Crippen molar-refractivity contribution in [3.8, 4) is 5.75 Å².